The van der Waals surface area contributed by atoms with Gasteiger partial charge in [0.15, 0.2) is 0 Å². The highest BCUT2D eigenvalue weighted by Crippen LogP contribution is 2.50. The standard InChI is InChI=1S/C21H21FN4O2/c22-17-4-2-1-3-16(17)18-6-5-15(23-24-18)12-25-7-8-26(21(28)20(25)27)19-11-13-9-14(19)10-13/h1-6,13-14,19H,7-12H2. The Balaban J connectivity index is 1.26. The molecule has 1 aromatic heterocycles. The minimum Gasteiger partial charge on any atom is -0.329 e. The summed E-state index contributed by atoms with van der Waals surface area (Å²) in [5, 5.41) is 8.22. The predicted molar refractivity (Wildman–Crippen MR) is 99.2 cm³/mol. The second-order valence-electron chi connectivity index (χ2n) is 8.02. The van der Waals surface area contributed by atoms with Gasteiger partial charge in [-0.2, -0.15) is 10.2 Å². The Morgan fingerprint density at radius 2 is 1.79 bits per heavy atom. The van der Waals surface area contributed by atoms with E-state index < -0.39 is 5.91 Å². The zero-order valence-corrected chi connectivity index (χ0v) is 15.4. The number of piperazine rings is 1. The molecule has 0 radical (unpaired) electrons. The predicted octanol–water partition coefficient (Wildman–Crippen LogP) is 2.25. The number of halogens is 1. The first-order chi connectivity index (χ1) is 13.6. The van der Waals surface area contributed by atoms with Crippen molar-refractivity contribution in [3.05, 3.63) is 47.9 Å². The van der Waals surface area contributed by atoms with Gasteiger partial charge in [-0.25, -0.2) is 4.39 Å². The van der Waals surface area contributed by atoms with E-state index >= 15 is 0 Å². The molecule has 28 heavy (non-hydrogen) atoms. The van der Waals surface area contributed by atoms with Crippen LogP contribution in [-0.4, -0.2) is 50.9 Å². The summed E-state index contributed by atoms with van der Waals surface area (Å²) in [6.45, 7) is 1.33. The van der Waals surface area contributed by atoms with Crippen LogP contribution in [0.2, 0.25) is 0 Å². The molecule has 3 saturated carbocycles. The van der Waals surface area contributed by atoms with E-state index in [-0.39, 0.29) is 24.3 Å². The van der Waals surface area contributed by atoms with Gasteiger partial charge in [-0.05, 0) is 55.4 Å². The van der Waals surface area contributed by atoms with Crippen LogP contribution in [0.5, 0.6) is 0 Å². The van der Waals surface area contributed by atoms with Gasteiger partial charge in [-0.3, -0.25) is 9.59 Å². The number of carbonyl (C=O) groups is 2. The fourth-order valence-electron chi connectivity index (χ4n) is 4.82. The Kier molecular flexibility index (Phi) is 4.10. The van der Waals surface area contributed by atoms with E-state index in [1.165, 1.54) is 23.8 Å². The molecule has 1 aliphatic heterocycles. The molecule has 4 fully saturated rings. The molecule has 6 nitrogen and oxygen atoms in total. The van der Waals surface area contributed by atoms with E-state index in [1.54, 1.807) is 35.2 Å². The first kappa shape index (κ1) is 17.3. The minimum atomic E-state index is -0.463. The first-order valence-corrected chi connectivity index (χ1v) is 9.77. The smallest absolute Gasteiger partial charge is 0.312 e. The average Bonchev–Trinajstić information content (AvgIpc) is 3.28. The average molecular weight is 380 g/mol. The third kappa shape index (κ3) is 2.85. The second-order valence-corrected chi connectivity index (χ2v) is 8.02. The fourth-order valence-corrected chi connectivity index (χ4v) is 4.82. The number of hydrogen-bond donors (Lipinski definition) is 0. The van der Waals surface area contributed by atoms with Crippen molar-refractivity contribution >= 4 is 11.8 Å². The second kappa shape index (κ2) is 6.65. The molecule has 2 bridgehead atoms. The highest BCUT2D eigenvalue weighted by Gasteiger charge is 2.50. The molecule has 2 aromatic rings. The van der Waals surface area contributed by atoms with Gasteiger partial charge in [0.2, 0.25) is 0 Å². The van der Waals surface area contributed by atoms with Crippen LogP contribution < -0.4 is 0 Å². The number of nitrogens with zero attached hydrogens (tertiary/aromatic N) is 4. The van der Waals surface area contributed by atoms with Crippen LogP contribution in [0, 0.1) is 17.7 Å². The van der Waals surface area contributed by atoms with E-state index in [9.17, 15) is 14.0 Å². The lowest BCUT2D eigenvalue weighted by molar-refractivity contribution is -0.158. The number of carbonyl (C=O) groups excluding carboxylic acids is 2. The summed E-state index contributed by atoms with van der Waals surface area (Å²) >= 11 is 0. The Morgan fingerprint density at radius 1 is 0.964 bits per heavy atom. The molecule has 2 heterocycles. The van der Waals surface area contributed by atoms with Crippen molar-refractivity contribution in [2.45, 2.75) is 31.8 Å². The van der Waals surface area contributed by atoms with E-state index in [1.807, 2.05) is 0 Å². The number of fused-ring (bicyclic) bond motifs is 1. The monoisotopic (exact) mass is 380 g/mol. The SMILES string of the molecule is O=C1C(=O)N(C2CC3CC2C3)CCN1Cc1ccc(-c2ccccc2F)nn1. The van der Waals surface area contributed by atoms with Crippen molar-refractivity contribution < 1.29 is 14.0 Å². The highest BCUT2D eigenvalue weighted by atomic mass is 19.1. The maximum Gasteiger partial charge on any atom is 0.312 e. The van der Waals surface area contributed by atoms with Crippen LogP contribution in [-0.2, 0) is 16.1 Å². The van der Waals surface area contributed by atoms with Crippen molar-refractivity contribution in [3.63, 3.8) is 0 Å². The van der Waals surface area contributed by atoms with E-state index in [0.717, 1.165) is 12.3 Å². The fraction of sp³-hybridized carbons (Fsp3) is 0.429. The molecule has 7 heteroatoms. The van der Waals surface area contributed by atoms with Crippen molar-refractivity contribution in [1.82, 2.24) is 20.0 Å². The van der Waals surface area contributed by atoms with E-state index in [4.69, 9.17) is 0 Å². The van der Waals surface area contributed by atoms with Crippen LogP contribution in [0.4, 0.5) is 4.39 Å². The van der Waals surface area contributed by atoms with Crippen LogP contribution in [0.1, 0.15) is 25.0 Å². The zero-order valence-electron chi connectivity index (χ0n) is 15.4. The van der Waals surface area contributed by atoms with Gasteiger partial charge in [-0.1, -0.05) is 12.1 Å². The van der Waals surface area contributed by atoms with Crippen LogP contribution in [0.25, 0.3) is 11.3 Å². The number of benzene rings is 1. The Labute approximate surface area is 162 Å². The summed E-state index contributed by atoms with van der Waals surface area (Å²) in [4.78, 5) is 28.5. The molecular formula is C21H21FN4O2. The maximum absolute atomic E-state index is 13.9. The Morgan fingerprint density at radius 3 is 2.46 bits per heavy atom. The summed E-state index contributed by atoms with van der Waals surface area (Å²) in [6.07, 6.45) is 3.46. The zero-order chi connectivity index (χ0) is 19.3. The number of aromatic nitrogens is 2. The van der Waals surface area contributed by atoms with Gasteiger partial charge in [0.25, 0.3) is 0 Å². The van der Waals surface area contributed by atoms with Gasteiger partial charge in [-0.15, -0.1) is 0 Å². The molecule has 1 saturated heterocycles. The minimum absolute atomic E-state index is 0.236. The number of amides is 2. The van der Waals surface area contributed by atoms with Crippen molar-refractivity contribution in [2.24, 2.45) is 11.8 Å². The summed E-state index contributed by atoms with van der Waals surface area (Å²) < 4.78 is 13.9. The lowest BCUT2D eigenvalue weighted by atomic mass is 9.84. The van der Waals surface area contributed by atoms with Crippen molar-refractivity contribution in [1.29, 1.82) is 0 Å². The van der Waals surface area contributed by atoms with Gasteiger partial charge >= 0.3 is 11.8 Å². The normalized spacial score (nSPS) is 26.5. The largest absolute Gasteiger partial charge is 0.329 e. The maximum atomic E-state index is 13.9. The van der Waals surface area contributed by atoms with Gasteiger partial charge < -0.3 is 9.80 Å². The molecule has 144 valence electrons. The molecule has 2 amide bonds. The van der Waals surface area contributed by atoms with Gasteiger partial charge in [0.05, 0.1) is 17.9 Å². The third-order valence-electron chi connectivity index (χ3n) is 6.36. The Bertz CT molecular complexity index is 926. The van der Waals surface area contributed by atoms with Gasteiger partial charge in [0, 0.05) is 24.7 Å². The molecule has 1 aromatic carbocycles. The summed E-state index contributed by atoms with van der Waals surface area (Å²) in [6, 6.07) is 10.1. The third-order valence-corrected chi connectivity index (χ3v) is 6.36. The summed E-state index contributed by atoms with van der Waals surface area (Å²) in [5.41, 5.74) is 1.41. The van der Waals surface area contributed by atoms with Crippen LogP contribution in [0.15, 0.2) is 36.4 Å². The summed E-state index contributed by atoms with van der Waals surface area (Å²) in [7, 11) is 0. The van der Waals surface area contributed by atoms with Crippen molar-refractivity contribution in [2.75, 3.05) is 13.1 Å². The molecule has 0 N–H and O–H groups in total. The molecule has 1 unspecified atom stereocenters. The molecule has 6 rings (SSSR count). The highest BCUT2D eigenvalue weighted by molar-refractivity contribution is 6.35. The van der Waals surface area contributed by atoms with Crippen molar-refractivity contribution in [3.8, 4) is 11.3 Å². The quantitative estimate of drug-likeness (QED) is 0.763. The molecule has 0 spiro atoms. The first-order valence-electron chi connectivity index (χ1n) is 9.77. The lowest BCUT2D eigenvalue weighted by Gasteiger charge is -2.38. The number of hydrogen-bond acceptors (Lipinski definition) is 4. The molecule has 1 atom stereocenters. The topological polar surface area (TPSA) is 66.4 Å². The Hall–Kier alpha value is -2.83. The molecule has 4 aliphatic rings. The van der Waals surface area contributed by atoms with E-state index in [0.29, 0.717) is 36.0 Å². The molecular weight excluding hydrogens is 359 g/mol. The number of rotatable bonds is 4. The van der Waals surface area contributed by atoms with E-state index in [2.05, 4.69) is 10.2 Å². The van der Waals surface area contributed by atoms with Crippen LogP contribution in [0.3, 0.4) is 0 Å². The summed E-state index contributed by atoms with van der Waals surface area (Å²) in [5.74, 6) is 0.130. The molecule has 3 aliphatic carbocycles. The van der Waals surface area contributed by atoms with Crippen LogP contribution >= 0.6 is 0 Å². The lowest BCUT2D eigenvalue weighted by Crippen LogP contribution is -2.57. The van der Waals surface area contributed by atoms with Gasteiger partial charge in [0.1, 0.15) is 5.82 Å².